The standard InChI is InChI=1S/C22H19Br2N3O4/c1-29-20-13-15(14-26-27-22(28)16-6-8-25-9-7-16)12-19(24)21(20)31-11-10-30-18-4-2-17(23)3-5-18/h2-9,12-14H,10-11H2,1H3,(H,27,28). The summed E-state index contributed by atoms with van der Waals surface area (Å²) in [5.41, 5.74) is 3.67. The SMILES string of the molecule is COc1cc(C=NNC(=O)c2ccncc2)cc(Br)c1OCCOc1ccc(Br)cc1. The van der Waals surface area contributed by atoms with E-state index >= 15 is 0 Å². The summed E-state index contributed by atoms with van der Waals surface area (Å²) in [5, 5.41) is 3.99. The summed E-state index contributed by atoms with van der Waals surface area (Å²) < 4.78 is 18.6. The first-order valence-corrected chi connectivity index (χ1v) is 10.8. The first-order chi connectivity index (χ1) is 15.1. The molecule has 1 amide bonds. The zero-order valence-corrected chi connectivity index (χ0v) is 19.7. The molecular weight excluding hydrogens is 530 g/mol. The molecule has 0 fully saturated rings. The van der Waals surface area contributed by atoms with Crippen molar-refractivity contribution in [3.05, 3.63) is 81.0 Å². The lowest BCUT2D eigenvalue weighted by atomic mass is 10.2. The Morgan fingerprint density at radius 2 is 1.77 bits per heavy atom. The van der Waals surface area contributed by atoms with E-state index in [4.69, 9.17) is 14.2 Å². The molecule has 0 aliphatic rings. The quantitative estimate of drug-likeness (QED) is 0.235. The van der Waals surface area contributed by atoms with Crippen LogP contribution < -0.4 is 19.6 Å². The lowest BCUT2D eigenvalue weighted by molar-refractivity contribution is 0.0955. The van der Waals surface area contributed by atoms with Gasteiger partial charge in [0.1, 0.15) is 19.0 Å². The van der Waals surface area contributed by atoms with Crippen LogP contribution in [-0.2, 0) is 0 Å². The van der Waals surface area contributed by atoms with Gasteiger partial charge in [-0.25, -0.2) is 5.43 Å². The van der Waals surface area contributed by atoms with Crippen molar-refractivity contribution in [1.82, 2.24) is 10.4 Å². The summed E-state index contributed by atoms with van der Waals surface area (Å²) >= 11 is 6.88. The molecule has 0 spiro atoms. The van der Waals surface area contributed by atoms with Gasteiger partial charge in [0, 0.05) is 22.4 Å². The number of benzene rings is 2. The minimum atomic E-state index is -0.324. The molecule has 9 heteroatoms. The normalized spacial score (nSPS) is 10.7. The van der Waals surface area contributed by atoms with E-state index in [-0.39, 0.29) is 5.91 Å². The van der Waals surface area contributed by atoms with Crippen LogP contribution in [0, 0.1) is 0 Å². The van der Waals surface area contributed by atoms with E-state index in [2.05, 4.69) is 47.4 Å². The van der Waals surface area contributed by atoms with E-state index < -0.39 is 0 Å². The number of nitrogens with zero attached hydrogens (tertiary/aromatic N) is 2. The molecule has 0 radical (unpaired) electrons. The van der Waals surface area contributed by atoms with E-state index in [0.717, 1.165) is 15.8 Å². The summed E-state index contributed by atoms with van der Waals surface area (Å²) in [6, 6.07) is 14.4. The smallest absolute Gasteiger partial charge is 0.271 e. The van der Waals surface area contributed by atoms with Gasteiger partial charge in [0.05, 0.1) is 17.8 Å². The zero-order valence-electron chi connectivity index (χ0n) is 16.5. The Bertz CT molecular complexity index is 1040. The number of hydrogen-bond donors (Lipinski definition) is 1. The number of amides is 1. The Morgan fingerprint density at radius 3 is 2.48 bits per heavy atom. The van der Waals surface area contributed by atoms with Crippen LogP contribution in [0.4, 0.5) is 0 Å². The van der Waals surface area contributed by atoms with E-state index in [0.29, 0.717) is 34.7 Å². The fourth-order valence-electron chi connectivity index (χ4n) is 2.52. The Labute approximate surface area is 196 Å². The highest BCUT2D eigenvalue weighted by molar-refractivity contribution is 9.10. The van der Waals surface area contributed by atoms with Gasteiger partial charge in [-0.15, -0.1) is 0 Å². The van der Waals surface area contributed by atoms with Crippen LogP contribution in [0.25, 0.3) is 0 Å². The maximum atomic E-state index is 12.0. The summed E-state index contributed by atoms with van der Waals surface area (Å²) in [6.07, 6.45) is 4.61. The average molecular weight is 549 g/mol. The number of methoxy groups -OCH3 is 1. The van der Waals surface area contributed by atoms with Crippen LogP contribution in [-0.4, -0.2) is 37.4 Å². The highest BCUT2D eigenvalue weighted by Crippen LogP contribution is 2.36. The van der Waals surface area contributed by atoms with Crippen LogP contribution in [0.3, 0.4) is 0 Å². The number of nitrogens with one attached hydrogen (secondary N) is 1. The molecule has 0 saturated carbocycles. The van der Waals surface area contributed by atoms with Crippen LogP contribution in [0.15, 0.2) is 75.0 Å². The minimum Gasteiger partial charge on any atom is -0.493 e. The summed E-state index contributed by atoms with van der Waals surface area (Å²) in [4.78, 5) is 15.9. The van der Waals surface area contributed by atoms with Crippen molar-refractivity contribution in [2.45, 2.75) is 0 Å². The van der Waals surface area contributed by atoms with Crippen LogP contribution in [0.2, 0.25) is 0 Å². The summed E-state index contributed by atoms with van der Waals surface area (Å²) in [6.45, 7) is 0.710. The van der Waals surface area contributed by atoms with E-state index in [1.807, 2.05) is 30.3 Å². The molecular formula is C22H19Br2N3O4. The molecule has 1 aromatic heterocycles. The second-order valence-electron chi connectivity index (χ2n) is 6.12. The second-order valence-corrected chi connectivity index (χ2v) is 7.89. The number of pyridine rings is 1. The van der Waals surface area contributed by atoms with Gasteiger partial charge in [0.25, 0.3) is 5.91 Å². The third kappa shape index (κ3) is 6.80. The van der Waals surface area contributed by atoms with Gasteiger partial charge < -0.3 is 14.2 Å². The molecule has 7 nitrogen and oxygen atoms in total. The van der Waals surface area contributed by atoms with Gasteiger partial charge in [0.2, 0.25) is 0 Å². The first-order valence-electron chi connectivity index (χ1n) is 9.19. The van der Waals surface area contributed by atoms with E-state index in [1.165, 1.54) is 6.21 Å². The van der Waals surface area contributed by atoms with Gasteiger partial charge in [-0.2, -0.15) is 5.10 Å². The number of ether oxygens (including phenoxy) is 3. The number of hydrogen-bond acceptors (Lipinski definition) is 6. The van der Waals surface area contributed by atoms with Crippen molar-refractivity contribution in [2.75, 3.05) is 20.3 Å². The number of rotatable bonds is 9. The Balaban J connectivity index is 1.57. The lowest BCUT2D eigenvalue weighted by Gasteiger charge is -2.14. The van der Waals surface area contributed by atoms with Crippen molar-refractivity contribution in [3.63, 3.8) is 0 Å². The maximum Gasteiger partial charge on any atom is 0.271 e. The average Bonchev–Trinajstić information content (AvgIpc) is 2.79. The molecule has 1 heterocycles. The van der Waals surface area contributed by atoms with Crippen molar-refractivity contribution < 1.29 is 19.0 Å². The van der Waals surface area contributed by atoms with Gasteiger partial charge in [-0.1, -0.05) is 15.9 Å². The van der Waals surface area contributed by atoms with Crippen LogP contribution in [0.1, 0.15) is 15.9 Å². The van der Waals surface area contributed by atoms with Gasteiger partial charge >= 0.3 is 0 Å². The van der Waals surface area contributed by atoms with Crippen LogP contribution >= 0.6 is 31.9 Å². The van der Waals surface area contributed by atoms with Gasteiger partial charge in [0.15, 0.2) is 11.5 Å². The number of carbonyl (C=O) groups is 1. The molecule has 2 aromatic carbocycles. The highest BCUT2D eigenvalue weighted by atomic mass is 79.9. The predicted octanol–water partition coefficient (Wildman–Crippen LogP) is 4.84. The Morgan fingerprint density at radius 1 is 1.06 bits per heavy atom. The third-order valence-corrected chi connectivity index (χ3v) is 5.10. The van der Waals surface area contributed by atoms with Gasteiger partial charge in [-0.05, 0) is 70.0 Å². The zero-order chi connectivity index (χ0) is 22.1. The minimum absolute atomic E-state index is 0.324. The fourth-order valence-corrected chi connectivity index (χ4v) is 3.36. The largest absolute Gasteiger partial charge is 0.493 e. The molecule has 0 atom stereocenters. The topological polar surface area (TPSA) is 82.0 Å². The highest BCUT2D eigenvalue weighted by Gasteiger charge is 2.11. The number of hydrazone groups is 1. The monoisotopic (exact) mass is 547 g/mol. The molecule has 3 aromatic rings. The molecule has 31 heavy (non-hydrogen) atoms. The van der Waals surface area contributed by atoms with Crippen molar-refractivity contribution in [3.8, 4) is 17.2 Å². The molecule has 0 aliphatic carbocycles. The van der Waals surface area contributed by atoms with E-state index in [9.17, 15) is 4.79 Å². The number of carbonyl (C=O) groups excluding carboxylic acids is 1. The lowest BCUT2D eigenvalue weighted by Crippen LogP contribution is -2.17. The molecule has 0 aliphatic heterocycles. The predicted molar refractivity (Wildman–Crippen MR) is 125 cm³/mol. The molecule has 0 saturated heterocycles. The first kappa shape index (κ1) is 22.8. The number of halogens is 2. The molecule has 3 rings (SSSR count). The molecule has 1 N–H and O–H groups in total. The summed E-state index contributed by atoms with van der Waals surface area (Å²) in [7, 11) is 1.55. The maximum absolute atomic E-state index is 12.0. The van der Waals surface area contributed by atoms with Crippen molar-refractivity contribution >= 4 is 44.0 Å². The molecule has 0 unspecified atom stereocenters. The number of aromatic nitrogens is 1. The van der Waals surface area contributed by atoms with E-state index in [1.54, 1.807) is 37.7 Å². The summed E-state index contributed by atoms with van der Waals surface area (Å²) in [5.74, 6) is 1.52. The Hall–Kier alpha value is -2.91. The molecule has 160 valence electrons. The van der Waals surface area contributed by atoms with Crippen LogP contribution in [0.5, 0.6) is 17.2 Å². The third-order valence-electron chi connectivity index (χ3n) is 3.99. The second kappa shape index (κ2) is 11.5. The molecule has 0 bridgehead atoms. The van der Waals surface area contributed by atoms with Crippen molar-refractivity contribution in [1.29, 1.82) is 0 Å². The van der Waals surface area contributed by atoms with Gasteiger partial charge in [-0.3, -0.25) is 9.78 Å². The Kier molecular flexibility index (Phi) is 8.43. The fraction of sp³-hybridized carbons (Fsp3) is 0.136. The van der Waals surface area contributed by atoms with Crippen molar-refractivity contribution in [2.24, 2.45) is 5.10 Å².